The first-order valence-corrected chi connectivity index (χ1v) is 9.46. The van der Waals surface area contributed by atoms with Crippen LogP contribution in [-0.2, 0) is 6.18 Å². The molecule has 0 aliphatic carbocycles. The van der Waals surface area contributed by atoms with Gasteiger partial charge in [-0.3, -0.25) is 14.4 Å². The Labute approximate surface area is 190 Å². The third kappa shape index (κ3) is 5.18. The maximum atomic E-state index is 13.1. The van der Waals surface area contributed by atoms with Crippen molar-refractivity contribution in [1.29, 1.82) is 0 Å². The van der Waals surface area contributed by atoms with Crippen molar-refractivity contribution < 1.29 is 22.8 Å². The third-order valence-electron chi connectivity index (χ3n) is 4.54. The number of halogens is 3. The van der Waals surface area contributed by atoms with Gasteiger partial charge in [-0.2, -0.15) is 13.2 Å². The highest BCUT2D eigenvalue weighted by molar-refractivity contribution is 6.02. The highest BCUT2D eigenvalue weighted by Gasteiger charge is 2.31. The summed E-state index contributed by atoms with van der Waals surface area (Å²) >= 11 is 0. The molecule has 2 aromatic carbocycles. The maximum Gasteiger partial charge on any atom is 0.416 e. The molecule has 34 heavy (non-hydrogen) atoms. The smallest absolute Gasteiger partial charge is 0.403 e. The molecule has 0 atom stereocenters. The molecule has 1 heterocycles. The summed E-state index contributed by atoms with van der Waals surface area (Å²) < 4.78 is 40.8. The summed E-state index contributed by atoms with van der Waals surface area (Å²) in [5.74, 6) is 5.03. The average Bonchev–Trinajstić information content (AvgIpc) is 3.15. The second-order valence-corrected chi connectivity index (χ2v) is 6.82. The lowest BCUT2D eigenvalue weighted by atomic mass is 10.1. The van der Waals surface area contributed by atoms with E-state index < -0.39 is 23.7 Å². The molecule has 0 aliphatic heterocycles. The van der Waals surface area contributed by atoms with Gasteiger partial charge >= 0.3 is 12.2 Å². The number of anilines is 4. The van der Waals surface area contributed by atoms with E-state index in [1.165, 1.54) is 29.2 Å². The number of alkyl halides is 3. The number of nitrogens with one attached hydrogen (secondary N) is 2. The Bertz CT molecular complexity index is 1240. The number of nitrogen functional groups attached to an aromatic ring is 1. The lowest BCUT2D eigenvalue weighted by Gasteiger charge is -2.20. The molecule has 10 N–H and O–H groups in total. The number of imidazole rings is 1. The predicted octanol–water partition coefficient (Wildman–Crippen LogP) is 2.33. The van der Waals surface area contributed by atoms with E-state index in [4.69, 9.17) is 23.0 Å². The van der Waals surface area contributed by atoms with Crippen molar-refractivity contribution in [3.05, 3.63) is 72.4 Å². The molecule has 178 valence electrons. The molecule has 0 spiro atoms. The van der Waals surface area contributed by atoms with Gasteiger partial charge in [-0.25, -0.2) is 15.6 Å². The normalized spacial score (nSPS) is 11.4. The van der Waals surface area contributed by atoms with Crippen LogP contribution in [0.2, 0.25) is 0 Å². The van der Waals surface area contributed by atoms with E-state index in [0.29, 0.717) is 11.4 Å². The van der Waals surface area contributed by atoms with E-state index >= 15 is 0 Å². The molecule has 3 amide bonds. The summed E-state index contributed by atoms with van der Waals surface area (Å²) in [5.41, 5.74) is 16.0. The standard InChI is InChI=1S/C20H20F3N9O2/c21-20(22,23)11-1-6-15(32(27)8-7-24)14(9-11)30-19(34)29-12-2-4-13(5-3-12)31-10-28-16(17(31)25)18(26)33/h1-10H,24-25,27H2,(H2,26,33)(H2,29,30,34)/b8-7-. The number of aromatic nitrogens is 2. The average molecular weight is 475 g/mol. The second-order valence-electron chi connectivity index (χ2n) is 6.82. The van der Waals surface area contributed by atoms with Gasteiger partial charge in [0.05, 0.1) is 16.9 Å². The van der Waals surface area contributed by atoms with E-state index in [1.54, 1.807) is 12.1 Å². The highest BCUT2D eigenvalue weighted by Crippen LogP contribution is 2.35. The van der Waals surface area contributed by atoms with Crippen LogP contribution in [0.4, 0.5) is 40.8 Å². The molecule has 0 fully saturated rings. The van der Waals surface area contributed by atoms with Gasteiger partial charge in [0.15, 0.2) is 5.69 Å². The van der Waals surface area contributed by atoms with Gasteiger partial charge in [0.1, 0.15) is 12.1 Å². The van der Waals surface area contributed by atoms with Gasteiger partial charge < -0.3 is 27.8 Å². The molecular formula is C20H20F3N9O2. The molecule has 3 rings (SSSR count). The minimum atomic E-state index is -4.63. The van der Waals surface area contributed by atoms with Crippen molar-refractivity contribution in [1.82, 2.24) is 9.55 Å². The van der Waals surface area contributed by atoms with Crippen molar-refractivity contribution >= 4 is 34.8 Å². The molecule has 0 unspecified atom stereocenters. The van der Waals surface area contributed by atoms with Gasteiger partial charge in [-0.1, -0.05) is 0 Å². The van der Waals surface area contributed by atoms with E-state index in [2.05, 4.69) is 15.6 Å². The molecule has 11 nitrogen and oxygen atoms in total. The van der Waals surface area contributed by atoms with Gasteiger partial charge in [0, 0.05) is 23.8 Å². The molecule has 14 heteroatoms. The molecule has 0 saturated carbocycles. The van der Waals surface area contributed by atoms with Gasteiger partial charge in [-0.15, -0.1) is 0 Å². The van der Waals surface area contributed by atoms with Crippen molar-refractivity contribution in [2.75, 3.05) is 21.4 Å². The van der Waals surface area contributed by atoms with Crippen molar-refractivity contribution in [2.24, 2.45) is 17.3 Å². The molecule has 0 aliphatic rings. The van der Waals surface area contributed by atoms with Crippen LogP contribution in [-0.4, -0.2) is 21.5 Å². The summed E-state index contributed by atoms with van der Waals surface area (Å²) in [6.07, 6.45) is -1.03. The van der Waals surface area contributed by atoms with Crippen LogP contribution in [0.15, 0.2) is 61.2 Å². The monoisotopic (exact) mass is 475 g/mol. The Hall–Kier alpha value is -4.72. The zero-order valence-electron chi connectivity index (χ0n) is 17.4. The number of rotatable bonds is 6. The van der Waals surface area contributed by atoms with E-state index in [0.717, 1.165) is 29.4 Å². The van der Waals surface area contributed by atoms with Crippen LogP contribution in [0.25, 0.3) is 5.69 Å². The lowest BCUT2D eigenvalue weighted by Crippen LogP contribution is -2.27. The largest absolute Gasteiger partial charge is 0.416 e. The number of primary amides is 1. The van der Waals surface area contributed by atoms with E-state index in [1.807, 2.05) is 0 Å². The molecule has 3 aromatic rings. The van der Waals surface area contributed by atoms with Gasteiger partial charge in [-0.05, 0) is 42.5 Å². The number of hydrogen-bond donors (Lipinski definition) is 6. The van der Waals surface area contributed by atoms with E-state index in [-0.39, 0.29) is 22.9 Å². The quantitative estimate of drug-likeness (QED) is 0.233. The molecule has 0 bridgehead atoms. The number of benzene rings is 2. The number of nitrogens with two attached hydrogens (primary N) is 4. The zero-order chi connectivity index (χ0) is 25.0. The van der Waals surface area contributed by atoms with Crippen molar-refractivity contribution in [2.45, 2.75) is 6.18 Å². The van der Waals surface area contributed by atoms with Gasteiger partial charge in [0.2, 0.25) is 0 Å². The number of nitrogens with zero attached hydrogens (tertiary/aromatic N) is 3. The van der Waals surface area contributed by atoms with Crippen LogP contribution in [0.3, 0.4) is 0 Å². The summed E-state index contributed by atoms with van der Waals surface area (Å²) in [6, 6.07) is 8.02. The maximum absolute atomic E-state index is 13.1. The highest BCUT2D eigenvalue weighted by atomic mass is 19.4. The Morgan fingerprint density at radius 2 is 1.76 bits per heavy atom. The minimum Gasteiger partial charge on any atom is -0.403 e. The Kier molecular flexibility index (Phi) is 6.63. The lowest BCUT2D eigenvalue weighted by molar-refractivity contribution is -0.137. The Balaban J connectivity index is 1.79. The first-order chi connectivity index (χ1) is 16.0. The first-order valence-electron chi connectivity index (χ1n) is 9.46. The van der Waals surface area contributed by atoms with Crippen molar-refractivity contribution in [3.63, 3.8) is 0 Å². The van der Waals surface area contributed by atoms with Crippen LogP contribution in [0.5, 0.6) is 0 Å². The molecule has 1 aromatic heterocycles. The van der Waals surface area contributed by atoms with Crippen molar-refractivity contribution in [3.8, 4) is 5.69 Å². The first kappa shape index (κ1) is 23.9. The SMILES string of the molecule is N/C=C\N(N)c1ccc(C(F)(F)F)cc1NC(=O)Nc1ccc(-n2cnc(C(N)=O)c2N)cc1. The summed E-state index contributed by atoms with van der Waals surface area (Å²) in [4.78, 5) is 27.6. The zero-order valence-corrected chi connectivity index (χ0v) is 17.4. The summed E-state index contributed by atoms with van der Waals surface area (Å²) in [6.45, 7) is 0. The van der Waals surface area contributed by atoms with E-state index in [9.17, 15) is 22.8 Å². The predicted molar refractivity (Wildman–Crippen MR) is 121 cm³/mol. The fourth-order valence-electron chi connectivity index (χ4n) is 2.95. The fraction of sp³-hybridized carbons (Fsp3) is 0.0500. The van der Waals surface area contributed by atoms with Crippen LogP contribution in [0, 0.1) is 0 Å². The third-order valence-corrected chi connectivity index (χ3v) is 4.54. The number of carbonyl (C=O) groups excluding carboxylic acids is 2. The summed E-state index contributed by atoms with van der Waals surface area (Å²) in [5, 5.41) is 5.81. The molecule has 0 radical (unpaired) electrons. The fourth-order valence-corrected chi connectivity index (χ4v) is 2.95. The Morgan fingerprint density at radius 1 is 1.09 bits per heavy atom. The second kappa shape index (κ2) is 9.41. The van der Waals surface area contributed by atoms with Crippen LogP contribution < -0.4 is 38.7 Å². The van der Waals surface area contributed by atoms with Gasteiger partial charge in [0.25, 0.3) is 5.91 Å². The molecular weight excluding hydrogens is 455 g/mol. The number of urea groups is 1. The number of hydrogen-bond acceptors (Lipinski definition) is 7. The van der Waals surface area contributed by atoms with Crippen LogP contribution >= 0.6 is 0 Å². The number of carbonyl (C=O) groups is 2. The summed E-state index contributed by atoms with van der Waals surface area (Å²) in [7, 11) is 0. The minimum absolute atomic E-state index is 0.0425. The topological polar surface area (TPSA) is 183 Å². The number of hydrazine groups is 1. The van der Waals surface area contributed by atoms with Crippen LogP contribution in [0.1, 0.15) is 16.1 Å². The number of amides is 3. The Morgan fingerprint density at radius 3 is 2.32 bits per heavy atom. The molecule has 0 saturated heterocycles.